The topological polar surface area (TPSA) is 78.1 Å². The van der Waals surface area contributed by atoms with Gasteiger partial charge in [0.05, 0.1) is 20.8 Å². The van der Waals surface area contributed by atoms with Crippen molar-refractivity contribution in [1.82, 2.24) is 0 Å². The van der Waals surface area contributed by atoms with Gasteiger partial charge in [0.1, 0.15) is 0 Å². The van der Waals surface area contributed by atoms with E-state index >= 15 is 0 Å². The molecule has 0 spiro atoms. The van der Waals surface area contributed by atoms with Gasteiger partial charge >= 0.3 is 0 Å². The highest BCUT2D eigenvalue weighted by atomic mass is 16.5. The van der Waals surface area contributed by atoms with E-state index in [9.17, 15) is 0 Å². The van der Waals surface area contributed by atoms with Crippen LogP contribution in [0.1, 0.15) is 18.1 Å². The van der Waals surface area contributed by atoms with Crippen LogP contribution < -0.4 is 20.5 Å². The predicted octanol–water partition coefficient (Wildman–Crippen LogP) is 3.46. The minimum atomic E-state index is 0.331. The maximum Gasteiger partial charge on any atom is 0.193 e. The Balaban J connectivity index is 1.95. The molecule has 0 fully saturated rings. The van der Waals surface area contributed by atoms with E-state index in [2.05, 4.69) is 17.2 Å². The number of rotatable bonds is 9. The lowest BCUT2D eigenvalue weighted by Gasteiger charge is -2.14. The summed E-state index contributed by atoms with van der Waals surface area (Å²) in [5, 5.41) is 3.16. The van der Waals surface area contributed by atoms with Crippen LogP contribution in [0.4, 0.5) is 5.69 Å². The largest absolute Gasteiger partial charge is 0.493 e. The van der Waals surface area contributed by atoms with Gasteiger partial charge in [-0.1, -0.05) is 31.2 Å². The van der Waals surface area contributed by atoms with Crippen molar-refractivity contribution in [2.24, 2.45) is 16.6 Å². The first-order valence-corrected chi connectivity index (χ1v) is 8.92. The molecule has 2 rings (SSSR count). The number of anilines is 1. The first-order valence-electron chi connectivity index (χ1n) is 8.92. The van der Waals surface area contributed by atoms with Crippen LogP contribution in [0.15, 0.2) is 47.5 Å². The summed E-state index contributed by atoms with van der Waals surface area (Å²) < 4.78 is 15.8. The lowest BCUT2D eigenvalue weighted by atomic mass is 10.0. The van der Waals surface area contributed by atoms with Crippen molar-refractivity contribution >= 4 is 11.6 Å². The van der Waals surface area contributed by atoms with Gasteiger partial charge in [-0.2, -0.15) is 0 Å². The van der Waals surface area contributed by atoms with Crippen molar-refractivity contribution in [2.75, 3.05) is 33.2 Å². The second kappa shape index (κ2) is 10.4. The molecule has 0 aliphatic carbocycles. The van der Waals surface area contributed by atoms with E-state index in [0.29, 0.717) is 25.0 Å². The quantitative estimate of drug-likeness (QED) is 0.521. The molecule has 0 saturated carbocycles. The summed E-state index contributed by atoms with van der Waals surface area (Å²) in [4.78, 5) is 4.48. The summed E-state index contributed by atoms with van der Waals surface area (Å²) in [6.07, 6.45) is 0.872. The van der Waals surface area contributed by atoms with Crippen LogP contribution in [0.5, 0.6) is 11.5 Å². The van der Waals surface area contributed by atoms with Crippen LogP contribution >= 0.6 is 0 Å². The molecule has 0 heterocycles. The normalized spacial score (nSPS) is 12.5. The predicted molar refractivity (Wildman–Crippen MR) is 110 cm³/mol. The van der Waals surface area contributed by atoms with Gasteiger partial charge in [-0.15, -0.1) is 0 Å². The summed E-state index contributed by atoms with van der Waals surface area (Å²) in [6.45, 7) is 3.29. The molecular formula is C21H29N3O3. The fourth-order valence-electron chi connectivity index (χ4n) is 2.83. The van der Waals surface area contributed by atoms with E-state index < -0.39 is 0 Å². The van der Waals surface area contributed by atoms with E-state index in [1.807, 2.05) is 42.5 Å². The average Bonchev–Trinajstić information content (AvgIpc) is 2.68. The Morgan fingerprint density at radius 2 is 1.81 bits per heavy atom. The third kappa shape index (κ3) is 6.18. The van der Waals surface area contributed by atoms with E-state index in [1.165, 1.54) is 5.56 Å². The highest BCUT2D eigenvalue weighted by Crippen LogP contribution is 2.28. The highest BCUT2D eigenvalue weighted by molar-refractivity contribution is 5.92. The Morgan fingerprint density at radius 1 is 1.07 bits per heavy atom. The van der Waals surface area contributed by atoms with Crippen molar-refractivity contribution in [3.63, 3.8) is 0 Å². The van der Waals surface area contributed by atoms with Gasteiger partial charge in [-0.05, 0) is 36.1 Å². The molecular weight excluding hydrogens is 342 g/mol. The van der Waals surface area contributed by atoms with E-state index in [4.69, 9.17) is 19.9 Å². The molecule has 2 aromatic carbocycles. The molecule has 0 amide bonds. The van der Waals surface area contributed by atoms with Gasteiger partial charge < -0.3 is 25.3 Å². The van der Waals surface area contributed by atoms with Gasteiger partial charge in [0.15, 0.2) is 17.5 Å². The molecule has 6 heteroatoms. The van der Waals surface area contributed by atoms with Gasteiger partial charge in [0.2, 0.25) is 0 Å². The number of nitrogens with one attached hydrogen (secondary N) is 1. The van der Waals surface area contributed by atoms with Crippen LogP contribution in [0.25, 0.3) is 0 Å². The summed E-state index contributed by atoms with van der Waals surface area (Å²) in [5.41, 5.74) is 9.18. The molecule has 1 atom stereocenters. The number of para-hydroxylation sites is 1. The first kappa shape index (κ1) is 20.6. The number of guanidine groups is 1. The van der Waals surface area contributed by atoms with Gasteiger partial charge in [-0.25, -0.2) is 0 Å². The zero-order valence-electron chi connectivity index (χ0n) is 16.5. The van der Waals surface area contributed by atoms with Crippen LogP contribution in [-0.4, -0.2) is 33.8 Å². The first-order chi connectivity index (χ1) is 13.1. The second-order valence-corrected chi connectivity index (χ2v) is 6.44. The van der Waals surface area contributed by atoms with Crippen LogP contribution in [0.3, 0.4) is 0 Å². The molecule has 0 radical (unpaired) electrons. The summed E-state index contributed by atoms with van der Waals surface area (Å²) in [5.74, 6) is 2.20. The van der Waals surface area contributed by atoms with Crippen LogP contribution in [0, 0.1) is 5.92 Å². The molecule has 0 bridgehead atoms. The van der Waals surface area contributed by atoms with E-state index in [1.54, 1.807) is 21.3 Å². The van der Waals surface area contributed by atoms with Crippen molar-refractivity contribution in [1.29, 1.82) is 0 Å². The molecule has 6 nitrogen and oxygen atoms in total. The van der Waals surface area contributed by atoms with Crippen molar-refractivity contribution in [3.05, 3.63) is 53.6 Å². The number of methoxy groups -OCH3 is 3. The number of nitrogens with zero attached hydrogens (tertiary/aromatic N) is 1. The number of nitrogens with two attached hydrogens (primary N) is 1. The number of aliphatic imine (C=N–C) groups is 1. The number of hydrogen-bond acceptors (Lipinski definition) is 4. The Labute approximate surface area is 161 Å². The van der Waals surface area contributed by atoms with Crippen molar-refractivity contribution in [2.45, 2.75) is 20.0 Å². The summed E-state index contributed by atoms with van der Waals surface area (Å²) in [6, 6.07) is 13.9. The van der Waals surface area contributed by atoms with Gasteiger partial charge in [0, 0.05) is 24.9 Å². The molecule has 0 saturated heterocycles. The zero-order valence-corrected chi connectivity index (χ0v) is 16.5. The minimum Gasteiger partial charge on any atom is -0.493 e. The Kier molecular flexibility index (Phi) is 7.95. The third-order valence-corrected chi connectivity index (χ3v) is 4.19. The fraction of sp³-hybridized carbons (Fsp3) is 0.381. The lowest BCUT2D eigenvalue weighted by Crippen LogP contribution is -2.24. The monoisotopic (exact) mass is 371 g/mol. The molecule has 0 aliphatic heterocycles. The smallest absolute Gasteiger partial charge is 0.193 e. The maximum atomic E-state index is 6.06. The summed E-state index contributed by atoms with van der Waals surface area (Å²) >= 11 is 0. The maximum absolute atomic E-state index is 6.06. The van der Waals surface area contributed by atoms with Gasteiger partial charge in [-0.3, -0.25) is 4.99 Å². The van der Waals surface area contributed by atoms with E-state index in [0.717, 1.165) is 29.2 Å². The Morgan fingerprint density at radius 3 is 2.52 bits per heavy atom. The van der Waals surface area contributed by atoms with Crippen LogP contribution in [-0.2, 0) is 17.8 Å². The van der Waals surface area contributed by atoms with E-state index in [-0.39, 0.29) is 0 Å². The highest BCUT2D eigenvalue weighted by Gasteiger charge is 2.09. The number of benzene rings is 2. The SMILES string of the molecule is COCc1ccccc1NC(N)=NCC(C)Cc1ccc(OC)c(OC)c1. The molecule has 2 aromatic rings. The molecule has 3 N–H and O–H groups in total. The van der Waals surface area contributed by atoms with Gasteiger partial charge in [0.25, 0.3) is 0 Å². The fourth-order valence-corrected chi connectivity index (χ4v) is 2.83. The standard InChI is InChI=1S/C21H29N3O3/c1-15(11-16-9-10-19(26-3)20(12-16)27-4)13-23-21(22)24-18-8-6-5-7-17(18)14-25-2/h5-10,12,15H,11,13-14H2,1-4H3,(H3,22,23,24). The molecule has 0 aliphatic rings. The molecule has 146 valence electrons. The minimum absolute atomic E-state index is 0.331. The lowest BCUT2D eigenvalue weighted by molar-refractivity contribution is 0.185. The second-order valence-electron chi connectivity index (χ2n) is 6.44. The number of ether oxygens (including phenoxy) is 3. The van der Waals surface area contributed by atoms with Crippen molar-refractivity contribution in [3.8, 4) is 11.5 Å². The average molecular weight is 371 g/mol. The summed E-state index contributed by atoms with van der Waals surface area (Å²) in [7, 11) is 4.95. The molecule has 0 aromatic heterocycles. The zero-order chi connectivity index (χ0) is 19.6. The Bertz CT molecular complexity index is 762. The number of hydrogen-bond donors (Lipinski definition) is 2. The molecule has 1 unspecified atom stereocenters. The Hall–Kier alpha value is -2.73. The van der Waals surface area contributed by atoms with Crippen LogP contribution in [0.2, 0.25) is 0 Å². The molecule has 27 heavy (non-hydrogen) atoms. The van der Waals surface area contributed by atoms with Crippen molar-refractivity contribution < 1.29 is 14.2 Å². The third-order valence-electron chi connectivity index (χ3n) is 4.19.